The highest BCUT2D eigenvalue weighted by atomic mass is 32.2. The van der Waals surface area contributed by atoms with Crippen LogP contribution in [0.25, 0.3) is 0 Å². The monoisotopic (exact) mass is 308 g/mol. The first kappa shape index (κ1) is 15.1. The Labute approximate surface area is 120 Å². The average Bonchev–Trinajstić information content (AvgIpc) is 2.47. The van der Waals surface area contributed by atoms with E-state index in [1.54, 1.807) is 0 Å². The van der Waals surface area contributed by atoms with Crippen LogP contribution in [0.3, 0.4) is 0 Å². The van der Waals surface area contributed by atoms with Gasteiger partial charge in [0, 0.05) is 17.7 Å². The molecule has 2 aromatic rings. The Kier molecular flexibility index (Phi) is 4.05. The predicted octanol–water partition coefficient (Wildman–Crippen LogP) is 0.0217. The van der Waals surface area contributed by atoms with Crippen molar-refractivity contribution in [2.75, 3.05) is 0 Å². The van der Waals surface area contributed by atoms with E-state index in [-0.39, 0.29) is 21.0 Å². The molecule has 0 saturated carbocycles. The van der Waals surface area contributed by atoms with Gasteiger partial charge in [0.2, 0.25) is 15.7 Å². The van der Waals surface area contributed by atoms with Crippen LogP contribution >= 0.6 is 0 Å². The summed E-state index contributed by atoms with van der Waals surface area (Å²) >= 11 is 0. The fraction of sp³-hybridized carbons (Fsp3) is 0. The van der Waals surface area contributed by atoms with Crippen LogP contribution in [0.4, 0.5) is 5.69 Å². The maximum Gasteiger partial charge on any atom is 0.248 e. The molecular formula is C13H12N2O5S. The molecule has 0 bridgehead atoms. The Hall–Kier alpha value is -2.26. The van der Waals surface area contributed by atoms with Crippen LogP contribution in [0, 0.1) is 5.21 Å². The molecule has 1 amide bonds. The largest absolute Gasteiger partial charge is 0.595 e. The molecule has 0 aromatic heterocycles. The van der Waals surface area contributed by atoms with Gasteiger partial charge in [-0.15, -0.1) is 0 Å². The molecule has 7 nitrogen and oxygen atoms in total. The van der Waals surface area contributed by atoms with Crippen molar-refractivity contribution < 1.29 is 23.6 Å². The normalized spacial score (nSPS) is 12.9. The van der Waals surface area contributed by atoms with Gasteiger partial charge in [0.1, 0.15) is 0 Å². The van der Waals surface area contributed by atoms with Crippen LogP contribution in [-0.4, -0.2) is 19.5 Å². The van der Waals surface area contributed by atoms with Crippen LogP contribution in [-0.2, 0) is 9.84 Å². The number of quaternary nitrogens is 1. The van der Waals surface area contributed by atoms with E-state index >= 15 is 0 Å². The highest BCUT2D eigenvalue weighted by molar-refractivity contribution is 7.91. The molecule has 0 aliphatic rings. The lowest BCUT2D eigenvalue weighted by Gasteiger charge is -2.11. The summed E-state index contributed by atoms with van der Waals surface area (Å²) in [6, 6.07) is 10.1. The molecule has 21 heavy (non-hydrogen) atoms. The van der Waals surface area contributed by atoms with Gasteiger partial charge in [-0.25, -0.2) is 13.6 Å². The molecule has 4 N–H and O–H groups in total. The molecule has 0 aliphatic carbocycles. The van der Waals surface area contributed by atoms with E-state index in [9.17, 15) is 18.4 Å². The third-order valence-electron chi connectivity index (χ3n) is 2.86. The second kappa shape index (κ2) is 5.62. The second-order valence-corrected chi connectivity index (χ2v) is 6.17. The molecule has 0 spiro atoms. The minimum absolute atomic E-state index is 0.00183. The Morgan fingerprint density at radius 2 is 1.43 bits per heavy atom. The van der Waals surface area contributed by atoms with Gasteiger partial charge < -0.3 is 10.9 Å². The number of carbonyl (C=O) groups excluding carboxylic acids is 1. The second-order valence-electron chi connectivity index (χ2n) is 4.22. The van der Waals surface area contributed by atoms with Gasteiger partial charge in [-0.1, -0.05) is 0 Å². The van der Waals surface area contributed by atoms with Crippen molar-refractivity contribution in [1.82, 2.24) is 0 Å². The molecule has 0 heterocycles. The average molecular weight is 308 g/mol. The fourth-order valence-electron chi connectivity index (χ4n) is 1.71. The van der Waals surface area contributed by atoms with Gasteiger partial charge in [-0.2, -0.15) is 5.23 Å². The Bertz CT molecular complexity index is 752. The molecule has 0 aliphatic heterocycles. The lowest BCUT2D eigenvalue weighted by atomic mass is 10.2. The molecule has 1 atom stereocenters. The van der Waals surface area contributed by atoms with Crippen LogP contribution < -0.4 is 11.0 Å². The summed E-state index contributed by atoms with van der Waals surface area (Å²) in [6.45, 7) is 0. The first-order chi connectivity index (χ1) is 9.82. The van der Waals surface area contributed by atoms with Gasteiger partial charge in [-0.3, -0.25) is 4.79 Å². The molecule has 110 valence electrons. The molecule has 1 unspecified atom stereocenters. The van der Waals surface area contributed by atoms with E-state index in [2.05, 4.69) is 0 Å². The Balaban J connectivity index is 2.39. The zero-order chi connectivity index (χ0) is 15.6. The summed E-state index contributed by atoms with van der Waals surface area (Å²) in [5.41, 5.74) is 5.29. The number of amides is 1. The van der Waals surface area contributed by atoms with Crippen LogP contribution in [0.15, 0.2) is 58.3 Å². The third-order valence-corrected chi connectivity index (χ3v) is 4.65. The third kappa shape index (κ3) is 3.09. The number of nitrogens with one attached hydrogen (secondary N) is 1. The van der Waals surface area contributed by atoms with E-state index in [1.807, 2.05) is 0 Å². The van der Waals surface area contributed by atoms with Crippen LogP contribution in [0.5, 0.6) is 0 Å². The highest BCUT2D eigenvalue weighted by Gasteiger charge is 2.18. The lowest BCUT2D eigenvalue weighted by molar-refractivity contribution is -0.991. The SMILES string of the molecule is NC(=O)c1ccc(S(=O)(=O)c2ccc([NH+]([O-])O)cc2)cc1. The van der Waals surface area contributed by atoms with E-state index < -0.39 is 21.0 Å². The molecule has 2 rings (SSSR count). The number of rotatable bonds is 4. The number of benzene rings is 2. The maximum absolute atomic E-state index is 12.3. The van der Waals surface area contributed by atoms with Crippen molar-refractivity contribution in [3.8, 4) is 0 Å². The molecule has 0 fully saturated rings. The number of primary amides is 1. The number of nitrogens with two attached hydrogens (primary N) is 1. The minimum Gasteiger partial charge on any atom is -0.595 e. The quantitative estimate of drug-likeness (QED) is 0.687. The zero-order valence-electron chi connectivity index (χ0n) is 10.7. The summed E-state index contributed by atoms with van der Waals surface area (Å²) in [5.74, 6) is -0.648. The summed E-state index contributed by atoms with van der Waals surface area (Å²) in [7, 11) is -3.77. The van der Waals surface area contributed by atoms with Gasteiger partial charge in [0.05, 0.1) is 9.79 Å². The molecule has 0 radical (unpaired) electrons. The van der Waals surface area contributed by atoms with Crippen molar-refractivity contribution in [2.45, 2.75) is 9.79 Å². The standard InChI is InChI=1S/C13H12N2O5S/c14-13(16)9-1-5-11(6-2-9)21(19,20)12-7-3-10(4-8-12)15(17)18/h1-8,15,17H,(H2,14,16). The molecule has 8 heteroatoms. The predicted molar refractivity (Wildman–Crippen MR) is 72.6 cm³/mol. The van der Waals surface area contributed by atoms with E-state index in [0.717, 1.165) is 0 Å². The van der Waals surface area contributed by atoms with E-state index in [4.69, 9.17) is 10.9 Å². The van der Waals surface area contributed by atoms with Crippen LogP contribution in [0.2, 0.25) is 0 Å². The Morgan fingerprint density at radius 3 is 1.81 bits per heavy atom. The van der Waals surface area contributed by atoms with Crippen LogP contribution in [0.1, 0.15) is 10.4 Å². The Morgan fingerprint density at radius 1 is 1.00 bits per heavy atom. The summed E-state index contributed by atoms with van der Waals surface area (Å²) < 4.78 is 24.7. The molecule has 2 aromatic carbocycles. The van der Waals surface area contributed by atoms with Gasteiger partial charge in [0.25, 0.3) is 0 Å². The summed E-state index contributed by atoms with van der Waals surface area (Å²) in [4.78, 5) is 10.9. The van der Waals surface area contributed by atoms with Crippen molar-refractivity contribution in [2.24, 2.45) is 5.73 Å². The van der Waals surface area contributed by atoms with Crippen molar-refractivity contribution in [3.63, 3.8) is 0 Å². The number of hydrogen-bond donors (Lipinski definition) is 3. The first-order valence-corrected chi connectivity index (χ1v) is 7.29. The minimum atomic E-state index is -3.77. The van der Waals surface area contributed by atoms with Crippen molar-refractivity contribution in [1.29, 1.82) is 0 Å². The molecule has 0 saturated heterocycles. The highest BCUT2D eigenvalue weighted by Crippen LogP contribution is 2.21. The lowest BCUT2D eigenvalue weighted by Crippen LogP contribution is -2.99. The fourth-order valence-corrected chi connectivity index (χ4v) is 2.97. The maximum atomic E-state index is 12.3. The molecular weight excluding hydrogens is 296 g/mol. The van der Waals surface area contributed by atoms with Gasteiger partial charge in [0.15, 0.2) is 5.69 Å². The topological polar surface area (TPSA) is 125 Å². The van der Waals surface area contributed by atoms with E-state index in [1.165, 1.54) is 48.5 Å². The zero-order valence-corrected chi connectivity index (χ0v) is 11.5. The summed E-state index contributed by atoms with van der Waals surface area (Å²) in [5, 5.41) is 18.4. The smallest absolute Gasteiger partial charge is 0.248 e. The van der Waals surface area contributed by atoms with Gasteiger partial charge >= 0.3 is 0 Å². The first-order valence-electron chi connectivity index (χ1n) is 5.80. The number of carbonyl (C=O) groups is 1. The van der Waals surface area contributed by atoms with Crippen molar-refractivity contribution >= 4 is 21.4 Å². The summed E-state index contributed by atoms with van der Waals surface area (Å²) in [6.07, 6.45) is 0. The van der Waals surface area contributed by atoms with Crippen molar-refractivity contribution in [3.05, 3.63) is 59.3 Å². The van der Waals surface area contributed by atoms with Gasteiger partial charge in [-0.05, 0) is 36.4 Å². The number of sulfone groups is 1. The van der Waals surface area contributed by atoms with E-state index in [0.29, 0.717) is 0 Å². The number of hydrogen-bond acceptors (Lipinski definition) is 5.